The highest BCUT2D eigenvalue weighted by Gasteiger charge is 2.39. The number of methoxy groups -OCH3 is 1. The van der Waals surface area contributed by atoms with E-state index in [0.717, 1.165) is 36.1 Å². The fourth-order valence-electron chi connectivity index (χ4n) is 3.84. The molecule has 20 heavy (non-hydrogen) atoms. The third-order valence-corrected chi connectivity index (χ3v) is 5.32. The van der Waals surface area contributed by atoms with Gasteiger partial charge in [0.25, 0.3) is 0 Å². The summed E-state index contributed by atoms with van der Waals surface area (Å²) in [6.07, 6.45) is 9.24. The van der Waals surface area contributed by atoms with E-state index in [2.05, 4.69) is 11.9 Å². The molecule has 0 saturated heterocycles. The first-order valence-electron chi connectivity index (χ1n) is 7.82. The van der Waals surface area contributed by atoms with Crippen LogP contribution in [0.5, 0.6) is 0 Å². The zero-order valence-corrected chi connectivity index (χ0v) is 13.3. The van der Waals surface area contributed by atoms with Gasteiger partial charge in [-0.05, 0) is 50.9 Å². The van der Waals surface area contributed by atoms with Crippen molar-refractivity contribution in [1.29, 1.82) is 0 Å². The van der Waals surface area contributed by atoms with Crippen molar-refractivity contribution < 1.29 is 4.74 Å². The van der Waals surface area contributed by atoms with Gasteiger partial charge in [0.05, 0.1) is 0 Å². The second-order valence-electron chi connectivity index (χ2n) is 6.45. The first-order valence-corrected chi connectivity index (χ1v) is 8.23. The van der Waals surface area contributed by atoms with E-state index in [1.165, 1.54) is 36.9 Å². The van der Waals surface area contributed by atoms with E-state index >= 15 is 0 Å². The standard InChI is InChI=1S/C16H24N2OS/c1-11-6-5-9-16(10-11,19-2)15-17-13-8-4-3-7-12(13)14(20)18-15/h11H,3-10H2,1-2H3,(H,17,18,20). The van der Waals surface area contributed by atoms with Gasteiger partial charge in [0.2, 0.25) is 0 Å². The van der Waals surface area contributed by atoms with Crippen molar-refractivity contribution in [2.75, 3.05) is 7.11 Å². The van der Waals surface area contributed by atoms with Gasteiger partial charge in [-0.15, -0.1) is 0 Å². The number of hydrogen-bond acceptors (Lipinski definition) is 3. The molecule has 2 aliphatic rings. The van der Waals surface area contributed by atoms with Crippen LogP contribution in [0.1, 0.15) is 62.5 Å². The molecule has 0 radical (unpaired) electrons. The zero-order valence-electron chi connectivity index (χ0n) is 12.5. The number of rotatable bonds is 2. The van der Waals surface area contributed by atoms with Gasteiger partial charge < -0.3 is 9.72 Å². The molecule has 0 aromatic carbocycles. The molecule has 1 heterocycles. The largest absolute Gasteiger partial charge is 0.370 e. The molecule has 1 fully saturated rings. The van der Waals surface area contributed by atoms with Gasteiger partial charge in [-0.25, -0.2) is 4.98 Å². The molecule has 0 bridgehead atoms. The Balaban J connectivity index is 2.04. The van der Waals surface area contributed by atoms with E-state index in [0.29, 0.717) is 5.92 Å². The summed E-state index contributed by atoms with van der Waals surface area (Å²) in [5, 5.41) is 0. The maximum atomic E-state index is 5.94. The van der Waals surface area contributed by atoms with Gasteiger partial charge in [-0.3, -0.25) is 0 Å². The first kappa shape index (κ1) is 14.2. The molecule has 110 valence electrons. The van der Waals surface area contributed by atoms with Gasteiger partial charge in [-0.1, -0.05) is 25.6 Å². The minimum absolute atomic E-state index is 0.252. The number of aromatic amines is 1. The predicted octanol–water partition coefficient (Wildman–Crippen LogP) is 4.07. The molecule has 4 heteroatoms. The second kappa shape index (κ2) is 5.57. The van der Waals surface area contributed by atoms with Gasteiger partial charge in [0.15, 0.2) is 0 Å². The van der Waals surface area contributed by atoms with Crippen LogP contribution in [0, 0.1) is 10.6 Å². The fourth-order valence-corrected chi connectivity index (χ4v) is 4.15. The third-order valence-electron chi connectivity index (χ3n) is 4.99. The topological polar surface area (TPSA) is 37.9 Å². The van der Waals surface area contributed by atoms with Crippen LogP contribution in [-0.4, -0.2) is 17.1 Å². The summed E-state index contributed by atoms with van der Waals surface area (Å²) in [5.74, 6) is 1.65. The molecule has 0 aliphatic heterocycles. The van der Waals surface area contributed by atoms with Crippen molar-refractivity contribution in [3.8, 4) is 0 Å². The molecule has 3 nitrogen and oxygen atoms in total. The number of nitrogens with one attached hydrogen (secondary N) is 1. The Hall–Kier alpha value is -0.740. The minimum Gasteiger partial charge on any atom is -0.370 e. The monoisotopic (exact) mass is 292 g/mol. The maximum Gasteiger partial charge on any atom is 0.140 e. The van der Waals surface area contributed by atoms with Crippen LogP contribution in [0.4, 0.5) is 0 Å². The van der Waals surface area contributed by atoms with Crippen LogP contribution >= 0.6 is 12.2 Å². The van der Waals surface area contributed by atoms with Crippen molar-refractivity contribution in [2.45, 2.75) is 63.9 Å². The van der Waals surface area contributed by atoms with Crippen molar-refractivity contribution in [1.82, 2.24) is 9.97 Å². The summed E-state index contributed by atoms with van der Waals surface area (Å²) in [6, 6.07) is 0. The van der Waals surface area contributed by atoms with Crippen LogP contribution in [0.3, 0.4) is 0 Å². The number of aryl methyl sites for hydroxylation is 1. The lowest BCUT2D eigenvalue weighted by Gasteiger charge is -2.38. The highest BCUT2D eigenvalue weighted by Crippen LogP contribution is 2.41. The summed E-state index contributed by atoms with van der Waals surface area (Å²) in [6.45, 7) is 2.31. The molecule has 0 amide bonds. The quantitative estimate of drug-likeness (QED) is 0.835. The fraction of sp³-hybridized carbons (Fsp3) is 0.750. The van der Waals surface area contributed by atoms with Gasteiger partial charge >= 0.3 is 0 Å². The van der Waals surface area contributed by atoms with Gasteiger partial charge in [0, 0.05) is 18.4 Å². The van der Waals surface area contributed by atoms with Crippen molar-refractivity contribution >= 4 is 12.2 Å². The minimum atomic E-state index is -0.252. The Morgan fingerprint density at radius 3 is 2.85 bits per heavy atom. The van der Waals surface area contributed by atoms with E-state index in [1.807, 2.05) is 7.11 Å². The summed E-state index contributed by atoms with van der Waals surface area (Å²) < 4.78 is 6.74. The van der Waals surface area contributed by atoms with Gasteiger partial charge in [-0.2, -0.15) is 0 Å². The summed E-state index contributed by atoms with van der Waals surface area (Å²) in [5.41, 5.74) is 2.32. The number of aromatic nitrogens is 2. The normalized spacial score (nSPS) is 30.0. The third kappa shape index (κ3) is 2.44. The Kier molecular flexibility index (Phi) is 3.95. The number of fused-ring (bicyclic) bond motifs is 1. The van der Waals surface area contributed by atoms with Crippen LogP contribution in [-0.2, 0) is 23.2 Å². The SMILES string of the molecule is COC1(c2nc(=S)c3c([nH]2)CCCC3)CCCC(C)C1. The Labute approximate surface area is 126 Å². The highest BCUT2D eigenvalue weighted by atomic mass is 32.1. The molecular weight excluding hydrogens is 268 g/mol. The molecule has 2 unspecified atom stereocenters. The highest BCUT2D eigenvalue weighted by molar-refractivity contribution is 7.71. The summed E-state index contributed by atoms with van der Waals surface area (Å²) in [4.78, 5) is 8.31. The van der Waals surface area contributed by atoms with Crippen molar-refractivity contribution in [3.63, 3.8) is 0 Å². The Morgan fingerprint density at radius 2 is 2.10 bits per heavy atom. The molecule has 1 aromatic heterocycles. The predicted molar refractivity (Wildman–Crippen MR) is 82.4 cm³/mol. The first-order chi connectivity index (χ1) is 9.64. The average Bonchev–Trinajstić information content (AvgIpc) is 2.47. The van der Waals surface area contributed by atoms with E-state index < -0.39 is 0 Å². The Morgan fingerprint density at radius 1 is 1.30 bits per heavy atom. The van der Waals surface area contributed by atoms with E-state index in [1.54, 1.807) is 0 Å². The molecule has 1 N–H and O–H groups in total. The number of ether oxygens (including phenoxy) is 1. The molecule has 1 saturated carbocycles. The molecule has 1 aromatic rings. The number of nitrogens with zero attached hydrogens (tertiary/aromatic N) is 1. The number of H-pyrrole nitrogens is 1. The second-order valence-corrected chi connectivity index (χ2v) is 6.84. The Bertz CT molecular complexity index is 554. The molecular formula is C16H24N2OS. The lowest BCUT2D eigenvalue weighted by Crippen LogP contribution is -2.36. The molecule has 2 atom stereocenters. The average molecular weight is 292 g/mol. The van der Waals surface area contributed by atoms with Crippen LogP contribution in [0.15, 0.2) is 0 Å². The van der Waals surface area contributed by atoms with E-state index in [4.69, 9.17) is 21.9 Å². The number of hydrogen-bond donors (Lipinski definition) is 1. The molecule has 2 aliphatic carbocycles. The van der Waals surface area contributed by atoms with Crippen molar-refractivity contribution in [3.05, 3.63) is 21.7 Å². The van der Waals surface area contributed by atoms with E-state index in [9.17, 15) is 0 Å². The van der Waals surface area contributed by atoms with Crippen LogP contribution < -0.4 is 0 Å². The lowest BCUT2D eigenvalue weighted by atomic mass is 9.78. The van der Waals surface area contributed by atoms with Crippen LogP contribution in [0.2, 0.25) is 0 Å². The summed E-state index contributed by atoms with van der Waals surface area (Å²) in [7, 11) is 1.82. The van der Waals surface area contributed by atoms with Gasteiger partial charge in [0.1, 0.15) is 16.1 Å². The zero-order chi connectivity index (χ0) is 14.2. The molecule has 0 spiro atoms. The maximum absolute atomic E-state index is 5.94. The van der Waals surface area contributed by atoms with Crippen molar-refractivity contribution in [2.24, 2.45) is 5.92 Å². The lowest BCUT2D eigenvalue weighted by molar-refractivity contribution is -0.0649. The molecule has 3 rings (SSSR count). The van der Waals surface area contributed by atoms with E-state index in [-0.39, 0.29) is 5.60 Å². The smallest absolute Gasteiger partial charge is 0.140 e. The van der Waals surface area contributed by atoms with Crippen LogP contribution in [0.25, 0.3) is 0 Å². The summed E-state index contributed by atoms with van der Waals surface area (Å²) >= 11 is 5.54.